The van der Waals surface area contributed by atoms with Gasteiger partial charge in [0.1, 0.15) is 5.82 Å². The van der Waals surface area contributed by atoms with E-state index in [9.17, 15) is 9.18 Å². The van der Waals surface area contributed by atoms with Crippen molar-refractivity contribution in [3.63, 3.8) is 0 Å². The van der Waals surface area contributed by atoms with Crippen molar-refractivity contribution in [2.75, 3.05) is 33.2 Å². The summed E-state index contributed by atoms with van der Waals surface area (Å²) in [7, 11) is 1.90. The molecular formula is C24H28FN3O. The molecule has 1 aliphatic heterocycles. The van der Waals surface area contributed by atoms with E-state index in [1.807, 2.05) is 54.5 Å². The molecule has 1 N–H and O–H groups in total. The number of halogens is 1. The van der Waals surface area contributed by atoms with E-state index in [2.05, 4.69) is 9.88 Å². The smallest absolute Gasteiger partial charge is 0.253 e. The average Bonchev–Trinajstić information content (AvgIpc) is 3.21. The lowest BCUT2D eigenvalue weighted by Gasteiger charge is -2.34. The van der Waals surface area contributed by atoms with Crippen molar-refractivity contribution in [2.45, 2.75) is 19.3 Å². The van der Waals surface area contributed by atoms with Gasteiger partial charge < -0.3 is 14.8 Å². The van der Waals surface area contributed by atoms with Gasteiger partial charge in [-0.05, 0) is 73.0 Å². The molecule has 5 heteroatoms. The summed E-state index contributed by atoms with van der Waals surface area (Å²) in [6.45, 7) is 3.85. The lowest BCUT2D eigenvalue weighted by molar-refractivity contribution is 0.0730. The number of rotatable bonds is 6. The van der Waals surface area contributed by atoms with Gasteiger partial charge in [0.2, 0.25) is 0 Å². The number of amides is 1. The summed E-state index contributed by atoms with van der Waals surface area (Å²) in [6, 6.07) is 14.6. The molecule has 1 amide bonds. The first kappa shape index (κ1) is 19.6. The van der Waals surface area contributed by atoms with Crippen LogP contribution in [0, 0.1) is 11.7 Å². The summed E-state index contributed by atoms with van der Waals surface area (Å²) < 4.78 is 13.1. The van der Waals surface area contributed by atoms with Gasteiger partial charge in [0, 0.05) is 44.0 Å². The maximum atomic E-state index is 13.1. The van der Waals surface area contributed by atoms with E-state index >= 15 is 0 Å². The van der Waals surface area contributed by atoms with Crippen molar-refractivity contribution in [1.29, 1.82) is 0 Å². The first-order valence-corrected chi connectivity index (χ1v) is 10.4. The van der Waals surface area contributed by atoms with Gasteiger partial charge in [0.25, 0.3) is 5.91 Å². The van der Waals surface area contributed by atoms with E-state index in [0.29, 0.717) is 5.92 Å². The highest BCUT2D eigenvalue weighted by atomic mass is 19.1. The molecule has 0 saturated carbocycles. The van der Waals surface area contributed by atoms with Gasteiger partial charge in [-0.15, -0.1) is 0 Å². The van der Waals surface area contributed by atoms with Crippen LogP contribution in [-0.4, -0.2) is 53.9 Å². The van der Waals surface area contributed by atoms with E-state index in [0.717, 1.165) is 61.9 Å². The molecule has 1 aromatic heterocycles. The third kappa shape index (κ3) is 4.85. The summed E-state index contributed by atoms with van der Waals surface area (Å²) >= 11 is 0. The van der Waals surface area contributed by atoms with Crippen LogP contribution in [0.25, 0.3) is 10.9 Å². The Hall–Kier alpha value is -2.66. The quantitative estimate of drug-likeness (QED) is 0.677. The second kappa shape index (κ2) is 8.78. The van der Waals surface area contributed by atoms with Gasteiger partial charge in [-0.3, -0.25) is 4.79 Å². The number of nitrogens with one attached hydrogen (secondary N) is 1. The third-order valence-electron chi connectivity index (χ3n) is 5.91. The number of H-pyrrole nitrogens is 1. The number of hydrogen-bond donors (Lipinski definition) is 1. The number of benzene rings is 2. The van der Waals surface area contributed by atoms with Crippen LogP contribution in [0.5, 0.6) is 0 Å². The Morgan fingerprint density at radius 2 is 2.03 bits per heavy atom. The molecule has 1 aliphatic rings. The van der Waals surface area contributed by atoms with E-state index in [-0.39, 0.29) is 11.7 Å². The zero-order valence-corrected chi connectivity index (χ0v) is 16.9. The number of hydrogen-bond acceptors (Lipinski definition) is 2. The van der Waals surface area contributed by atoms with Crippen LogP contribution in [0.2, 0.25) is 0 Å². The predicted octanol–water partition coefficient (Wildman–Crippen LogP) is 4.33. The van der Waals surface area contributed by atoms with Gasteiger partial charge >= 0.3 is 0 Å². The highest BCUT2D eigenvalue weighted by molar-refractivity contribution is 5.97. The molecule has 0 spiro atoms. The highest BCUT2D eigenvalue weighted by Gasteiger charge is 2.23. The fraction of sp³-hybridized carbons (Fsp3) is 0.375. The topological polar surface area (TPSA) is 39.3 Å². The first-order valence-electron chi connectivity index (χ1n) is 10.4. The van der Waals surface area contributed by atoms with Gasteiger partial charge in [-0.2, -0.15) is 0 Å². The molecule has 0 bridgehead atoms. The number of piperidine rings is 1. The second-order valence-corrected chi connectivity index (χ2v) is 8.15. The molecule has 1 fully saturated rings. The van der Waals surface area contributed by atoms with Crippen molar-refractivity contribution in [1.82, 2.24) is 14.8 Å². The number of carbonyl (C=O) groups is 1. The zero-order valence-electron chi connectivity index (χ0n) is 16.9. The second-order valence-electron chi connectivity index (χ2n) is 8.15. The van der Waals surface area contributed by atoms with Crippen LogP contribution >= 0.6 is 0 Å². The van der Waals surface area contributed by atoms with Gasteiger partial charge in [0.15, 0.2) is 0 Å². The minimum absolute atomic E-state index is 0.0740. The molecular weight excluding hydrogens is 365 g/mol. The normalized spacial score (nSPS) is 17.5. The van der Waals surface area contributed by atoms with Gasteiger partial charge in [0.05, 0.1) is 0 Å². The summed E-state index contributed by atoms with van der Waals surface area (Å²) in [5.74, 6) is 0.375. The molecule has 3 aromatic rings. The largest absolute Gasteiger partial charge is 0.361 e. The average molecular weight is 394 g/mol. The molecule has 0 unspecified atom stereocenters. The van der Waals surface area contributed by atoms with Crippen LogP contribution < -0.4 is 0 Å². The molecule has 4 nitrogen and oxygen atoms in total. The first-order chi connectivity index (χ1) is 14.1. The van der Waals surface area contributed by atoms with Crippen molar-refractivity contribution in [2.24, 2.45) is 5.92 Å². The maximum absolute atomic E-state index is 13.1. The molecule has 152 valence electrons. The van der Waals surface area contributed by atoms with E-state index in [1.54, 1.807) is 0 Å². The Labute approximate surface area is 171 Å². The highest BCUT2D eigenvalue weighted by Crippen LogP contribution is 2.20. The molecule has 1 saturated heterocycles. The number of fused-ring (bicyclic) bond motifs is 1. The lowest BCUT2D eigenvalue weighted by atomic mass is 9.96. The Morgan fingerprint density at radius 3 is 2.86 bits per heavy atom. The minimum atomic E-state index is -0.185. The van der Waals surface area contributed by atoms with Crippen LogP contribution in [0.4, 0.5) is 4.39 Å². The summed E-state index contributed by atoms with van der Waals surface area (Å²) in [6.07, 6.45) is 5.13. The van der Waals surface area contributed by atoms with Crippen LogP contribution in [0.3, 0.4) is 0 Å². The van der Waals surface area contributed by atoms with E-state index in [1.165, 1.54) is 17.7 Å². The summed E-state index contributed by atoms with van der Waals surface area (Å²) in [5, 5.41) is 1.12. The third-order valence-corrected chi connectivity index (χ3v) is 5.91. The standard InChI is InChI=1S/C24H28FN3O/c1-27(24(29)21-7-6-20-10-12-26-23(20)15-21)16-19-3-2-13-28(17-19)14-11-18-4-8-22(25)9-5-18/h4-10,12,15,19,26H,2-3,11,13-14,16-17H2,1H3/t19-/m1/s1. The van der Waals surface area contributed by atoms with Crippen molar-refractivity contribution in [3.8, 4) is 0 Å². The molecule has 0 aliphatic carbocycles. The lowest BCUT2D eigenvalue weighted by Crippen LogP contribution is -2.42. The molecule has 4 rings (SSSR count). The number of likely N-dealkylation sites (tertiary alicyclic amines) is 1. The molecule has 2 aromatic carbocycles. The minimum Gasteiger partial charge on any atom is -0.361 e. The number of carbonyl (C=O) groups excluding carboxylic acids is 1. The Morgan fingerprint density at radius 1 is 1.21 bits per heavy atom. The molecule has 29 heavy (non-hydrogen) atoms. The maximum Gasteiger partial charge on any atom is 0.253 e. The predicted molar refractivity (Wildman–Crippen MR) is 115 cm³/mol. The fourth-order valence-electron chi connectivity index (χ4n) is 4.31. The number of nitrogens with zero attached hydrogens (tertiary/aromatic N) is 2. The van der Waals surface area contributed by atoms with Crippen molar-refractivity contribution in [3.05, 3.63) is 71.7 Å². The van der Waals surface area contributed by atoms with Crippen LogP contribution in [-0.2, 0) is 6.42 Å². The Kier molecular flexibility index (Phi) is 5.95. The van der Waals surface area contributed by atoms with Crippen LogP contribution in [0.1, 0.15) is 28.8 Å². The summed E-state index contributed by atoms with van der Waals surface area (Å²) in [4.78, 5) is 20.4. The van der Waals surface area contributed by atoms with E-state index < -0.39 is 0 Å². The number of aromatic amines is 1. The fourth-order valence-corrected chi connectivity index (χ4v) is 4.31. The number of aromatic nitrogens is 1. The Bertz CT molecular complexity index is 966. The zero-order chi connectivity index (χ0) is 20.2. The summed E-state index contributed by atoms with van der Waals surface area (Å²) in [5.41, 5.74) is 2.89. The van der Waals surface area contributed by atoms with Crippen molar-refractivity contribution >= 4 is 16.8 Å². The monoisotopic (exact) mass is 393 g/mol. The van der Waals surface area contributed by atoms with Gasteiger partial charge in [-0.1, -0.05) is 18.2 Å². The SMILES string of the molecule is CN(C[C@H]1CCCN(CCc2ccc(F)cc2)C1)C(=O)c1ccc2cc[nH]c2c1. The molecule has 2 heterocycles. The van der Waals surface area contributed by atoms with Gasteiger partial charge in [-0.25, -0.2) is 4.39 Å². The Balaban J connectivity index is 1.30. The van der Waals surface area contributed by atoms with Crippen LogP contribution in [0.15, 0.2) is 54.7 Å². The molecule has 0 radical (unpaired) electrons. The molecule has 1 atom stereocenters. The van der Waals surface area contributed by atoms with E-state index in [4.69, 9.17) is 0 Å². The van der Waals surface area contributed by atoms with Crippen molar-refractivity contribution < 1.29 is 9.18 Å².